The number of hydrogen-bond donors (Lipinski definition) is 0. The molecule has 4 rings (SSSR count). The van der Waals surface area contributed by atoms with Crippen LogP contribution in [0.5, 0.6) is 0 Å². The Morgan fingerprint density at radius 3 is 2.25 bits per heavy atom. The molecule has 5 heteroatoms. The van der Waals surface area contributed by atoms with Gasteiger partial charge < -0.3 is 4.90 Å². The molecule has 0 fully saturated rings. The fourth-order valence-electron chi connectivity index (χ4n) is 2.77. The fourth-order valence-corrected chi connectivity index (χ4v) is 2.77. The second-order valence-corrected chi connectivity index (χ2v) is 5.63. The van der Waals surface area contributed by atoms with Crippen molar-refractivity contribution in [3.05, 3.63) is 72.7 Å². The van der Waals surface area contributed by atoms with Gasteiger partial charge in [0.15, 0.2) is 5.65 Å². The Morgan fingerprint density at radius 2 is 1.54 bits per heavy atom. The molecule has 0 saturated heterocycles. The van der Waals surface area contributed by atoms with E-state index >= 15 is 0 Å². The SMILES string of the molecule is Cc1nc(N(C)c2ccccc2)n2ncc(-c3ccccc3)c2n1. The highest BCUT2D eigenvalue weighted by atomic mass is 15.4. The molecule has 0 aliphatic heterocycles. The second-order valence-electron chi connectivity index (χ2n) is 5.63. The van der Waals surface area contributed by atoms with Gasteiger partial charge in [-0.1, -0.05) is 48.5 Å². The number of rotatable bonds is 3. The number of aromatic nitrogens is 4. The minimum absolute atomic E-state index is 0.720. The van der Waals surface area contributed by atoms with Gasteiger partial charge in [0, 0.05) is 18.3 Å². The van der Waals surface area contributed by atoms with Crippen molar-refractivity contribution in [2.45, 2.75) is 6.92 Å². The normalized spacial score (nSPS) is 10.9. The average molecular weight is 315 g/mol. The highest BCUT2D eigenvalue weighted by Gasteiger charge is 2.16. The predicted octanol–water partition coefficient (Wildman–Crippen LogP) is 3.87. The molecule has 0 aliphatic carbocycles. The van der Waals surface area contributed by atoms with Crippen LogP contribution < -0.4 is 4.90 Å². The Kier molecular flexibility index (Phi) is 3.46. The number of benzene rings is 2. The summed E-state index contributed by atoms with van der Waals surface area (Å²) in [6.07, 6.45) is 1.85. The lowest BCUT2D eigenvalue weighted by atomic mass is 10.1. The molecule has 0 N–H and O–H groups in total. The van der Waals surface area contributed by atoms with Gasteiger partial charge >= 0.3 is 0 Å². The van der Waals surface area contributed by atoms with Crippen LogP contribution in [0.25, 0.3) is 16.8 Å². The molecule has 0 unspecified atom stereocenters. The standard InChI is InChI=1S/C19H17N5/c1-14-21-18-17(15-9-5-3-6-10-15)13-20-24(18)19(22-14)23(2)16-11-7-4-8-12-16/h3-13H,1-2H3. The van der Waals surface area contributed by atoms with Crippen LogP contribution in [-0.4, -0.2) is 26.6 Å². The van der Waals surface area contributed by atoms with E-state index in [1.54, 1.807) is 4.52 Å². The zero-order valence-electron chi connectivity index (χ0n) is 13.6. The molecule has 0 spiro atoms. The predicted molar refractivity (Wildman–Crippen MR) is 95.5 cm³/mol. The summed E-state index contributed by atoms with van der Waals surface area (Å²) in [5.74, 6) is 1.46. The highest BCUT2D eigenvalue weighted by Crippen LogP contribution is 2.27. The van der Waals surface area contributed by atoms with Crippen LogP contribution in [0.3, 0.4) is 0 Å². The van der Waals surface area contributed by atoms with Crippen molar-refractivity contribution in [2.75, 3.05) is 11.9 Å². The van der Waals surface area contributed by atoms with Crippen molar-refractivity contribution in [2.24, 2.45) is 0 Å². The highest BCUT2D eigenvalue weighted by molar-refractivity contribution is 5.78. The van der Waals surface area contributed by atoms with E-state index in [-0.39, 0.29) is 0 Å². The van der Waals surface area contributed by atoms with Gasteiger partial charge in [-0.15, -0.1) is 0 Å². The molecule has 0 bridgehead atoms. The van der Waals surface area contributed by atoms with Crippen molar-refractivity contribution < 1.29 is 0 Å². The largest absolute Gasteiger partial charge is 0.313 e. The monoisotopic (exact) mass is 315 g/mol. The molecule has 2 aromatic carbocycles. The van der Waals surface area contributed by atoms with Crippen molar-refractivity contribution in [3.63, 3.8) is 0 Å². The van der Waals surface area contributed by atoms with E-state index in [9.17, 15) is 0 Å². The first-order valence-corrected chi connectivity index (χ1v) is 7.80. The topological polar surface area (TPSA) is 46.3 Å². The minimum atomic E-state index is 0.720. The smallest absolute Gasteiger partial charge is 0.234 e. The van der Waals surface area contributed by atoms with Crippen LogP contribution in [0.2, 0.25) is 0 Å². The van der Waals surface area contributed by atoms with Gasteiger partial charge in [-0.25, -0.2) is 4.98 Å². The first-order chi connectivity index (χ1) is 11.7. The molecule has 2 aromatic heterocycles. The van der Waals surface area contributed by atoms with Crippen molar-refractivity contribution in [1.29, 1.82) is 0 Å². The van der Waals surface area contributed by atoms with E-state index in [1.807, 2.05) is 73.6 Å². The van der Waals surface area contributed by atoms with Gasteiger partial charge in [0.25, 0.3) is 0 Å². The van der Waals surface area contributed by atoms with Gasteiger partial charge in [-0.3, -0.25) is 0 Å². The molecular weight excluding hydrogens is 298 g/mol. The van der Waals surface area contributed by atoms with Crippen LogP contribution >= 0.6 is 0 Å². The van der Waals surface area contributed by atoms with Crippen LogP contribution in [0.15, 0.2) is 66.9 Å². The molecule has 0 saturated carbocycles. The number of fused-ring (bicyclic) bond motifs is 1. The summed E-state index contributed by atoms with van der Waals surface area (Å²) >= 11 is 0. The lowest BCUT2D eigenvalue weighted by molar-refractivity contribution is 0.846. The fraction of sp³-hybridized carbons (Fsp3) is 0.105. The minimum Gasteiger partial charge on any atom is -0.313 e. The third-order valence-corrected chi connectivity index (χ3v) is 3.99. The Morgan fingerprint density at radius 1 is 0.875 bits per heavy atom. The summed E-state index contributed by atoms with van der Waals surface area (Å²) in [7, 11) is 1.99. The number of nitrogens with zero attached hydrogens (tertiary/aromatic N) is 5. The average Bonchev–Trinajstić information content (AvgIpc) is 3.05. The van der Waals surface area contributed by atoms with E-state index in [4.69, 9.17) is 0 Å². The molecular formula is C19H17N5. The van der Waals surface area contributed by atoms with E-state index in [0.717, 1.165) is 34.2 Å². The summed E-state index contributed by atoms with van der Waals surface area (Å²) in [5, 5.41) is 4.53. The van der Waals surface area contributed by atoms with Crippen LogP contribution in [0, 0.1) is 6.92 Å². The Labute approximate surface area is 140 Å². The Balaban J connectivity index is 1.90. The number of anilines is 2. The maximum atomic E-state index is 4.61. The zero-order chi connectivity index (χ0) is 16.5. The summed E-state index contributed by atoms with van der Waals surface area (Å²) in [6.45, 7) is 1.91. The summed E-state index contributed by atoms with van der Waals surface area (Å²) in [6, 6.07) is 20.3. The Hall–Kier alpha value is -3.21. The van der Waals surface area contributed by atoms with Crippen LogP contribution in [-0.2, 0) is 0 Å². The Bertz CT molecular complexity index is 977. The molecule has 0 amide bonds. The zero-order valence-corrected chi connectivity index (χ0v) is 13.6. The van der Waals surface area contributed by atoms with Crippen molar-refractivity contribution in [1.82, 2.24) is 19.6 Å². The van der Waals surface area contributed by atoms with E-state index < -0.39 is 0 Å². The van der Waals surface area contributed by atoms with E-state index in [1.165, 1.54) is 0 Å². The lowest BCUT2D eigenvalue weighted by Gasteiger charge is -2.19. The summed E-state index contributed by atoms with van der Waals surface area (Å²) < 4.78 is 1.79. The summed E-state index contributed by atoms with van der Waals surface area (Å²) in [4.78, 5) is 11.2. The first kappa shape index (κ1) is 14.4. The van der Waals surface area contributed by atoms with Crippen molar-refractivity contribution >= 4 is 17.3 Å². The van der Waals surface area contributed by atoms with E-state index in [0.29, 0.717) is 0 Å². The molecule has 0 aliphatic rings. The maximum Gasteiger partial charge on any atom is 0.234 e. The molecule has 5 nitrogen and oxygen atoms in total. The second kappa shape index (κ2) is 5.77. The van der Waals surface area contributed by atoms with Gasteiger partial charge in [-0.05, 0) is 24.6 Å². The van der Waals surface area contributed by atoms with Gasteiger partial charge in [0.2, 0.25) is 5.95 Å². The maximum absolute atomic E-state index is 4.61. The van der Waals surface area contributed by atoms with Gasteiger partial charge in [0.1, 0.15) is 5.82 Å². The summed E-state index contributed by atoms with van der Waals surface area (Å²) in [5.41, 5.74) is 3.96. The molecule has 0 atom stereocenters. The molecule has 2 heterocycles. The number of hydrogen-bond acceptors (Lipinski definition) is 4. The van der Waals surface area contributed by atoms with Gasteiger partial charge in [-0.2, -0.15) is 14.6 Å². The first-order valence-electron chi connectivity index (χ1n) is 7.80. The van der Waals surface area contributed by atoms with Crippen LogP contribution in [0.4, 0.5) is 11.6 Å². The molecule has 0 radical (unpaired) electrons. The third-order valence-electron chi connectivity index (χ3n) is 3.99. The lowest BCUT2D eigenvalue weighted by Crippen LogP contribution is -2.17. The molecule has 24 heavy (non-hydrogen) atoms. The third kappa shape index (κ3) is 2.40. The van der Waals surface area contributed by atoms with E-state index in [2.05, 4.69) is 27.2 Å². The quantitative estimate of drug-likeness (QED) is 0.576. The number of para-hydroxylation sites is 1. The van der Waals surface area contributed by atoms with Crippen molar-refractivity contribution in [3.8, 4) is 11.1 Å². The number of aryl methyl sites for hydroxylation is 1. The molecule has 4 aromatic rings. The van der Waals surface area contributed by atoms with Crippen LogP contribution in [0.1, 0.15) is 5.82 Å². The van der Waals surface area contributed by atoms with Gasteiger partial charge in [0.05, 0.1) is 6.20 Å². The molecule has 118 valence electrons.